The average molecular weight is 373 g/mol. The third-order valence-electron chi connectivity index (χ3n) is 4.62. The standard InChI is InChI=1S/C21H31N3O3/c1-5-10-23-17-6-7-18(16(13-17)15-22)24-11-8-21(26,9-12-24)14-19(25)27-20(2,3)4/h6-7,13,23,26H,5,8-12,14H2,1-4H3. The molecule has 0 radical (unpaired) electrons. The van der Waals surface area contributed by atoms with E-state index in [4.69, 9.17) is 4.74 Å². The van der Waals surface area contributed by atoms with Gasteiger partial charge in [0.25, 0.3) is 0 Å². The van der Waals surface area contributed by atoms with Crippen molar-refractivity contribution in [3.05, 3.63) is 23.8 Å². The smallest absolute Gasteiger partial charge is 0.309 e. The van der Waals surface area contributed by atoms with Crippen LogP contribution in [0.25, 0.3) is 0 Å². The Kier molecular flexibility index (Phi) is 6.72. The number of nitrogens with zero attached hydrogens (tertiary/aromatic N) is 2. The van der Waals surface area contributed by atoms with Crippen LogP contribution in [-0.4, -0.2) is 41.9 Å². The SMILES string of the molecule is CCCNc1ccc(N2CCC(O)(CC(=O)OC(C)(C)C)CC2)c(C#N)c1. The normalized spacial score (nSPS) is 16.5. The number of esters is 1. The van der Waals surface area contributed by atoms with Crippen molar-refractivity contribution >= 4 is 17.3 Å². The van der Waals surface area contributed by atoms with E-state index >= 15 is 0 Å². The van der Waals surface area contributed by atoms with E-state index in [1.165, 1.54) is 0 Å². The minimum absolute atomic E-state index is 0.00307. The number of carbonyl (C=O) groups is 1. The highest BCUT2D eigenvalue weighted by atomic mass is 16.6. The molecule has 2 N–H and O–H groups in total. The molecule has 0 atom stereocenters. The highest BCUT2D eigenvalue weighted by Gasteiger charge is 2.36. The van der Waals surface area contributed by atoms with Crippen molar-refractivity contribution < 1.29 is 14.6 Å². The zero-order valence-corrected chi connectivity index (χ0v) is 16.8. The van der Waals surface area contributed by atoms with E-state index in [1.807, 2.05) is 39.0 Å². The predicted octanol–water partition coefficient (Wildman–Crippen LogP) is 3.44. The summed E-state index contributed by atoms with van der Waals surface area (Å²) in [6.07, 6.45) is 1.95. The molecule has 0 aromatic heterocycles. The predicted molar refractivity (Wildman–Crippen MR) is 107 cm³/mol. The molecule has 1 aromatic rings. The first-order valence-corrected chi connectivity index (χ1v) is 9.63. The van der Waals surface area contributed by atoms with E-state index in [0.29, 0.717) is 31.5 Å². The van der Waals surface area contributed by atoms with Crippen molar-refractivity contribution in [3.8, 4) is 6.07 Å². The maximum absolute atomic E-state index is 12.1. The number of hydrogen-bond acceptors (Lipinski definition) is 6. The maximum Gasteiger partial charge on any atom is 0.309 e. The van der Waals surface area contributed by atoms with Gasteiger partial charge in [-0.25, -0.2) is 0 Å². The number of ether oxygens (including phenoxy) is 1. The van der Waals surface area contributed by atoms with Gasteiger partial charge in [-0.1, -0.05) is 6.92 Å². The maximum atomic E-state index is 12.1. The van der Waals surface area contributed by atoms with Crippen molar-refractivity contribution in [2.45, 2.75) is 64.6 Å². The second-order valence-corrected chi connectivity index (χ2v) is 8.25. The summed E-state index contributed by atoms with van der Waals surface area (Å²) in [4.78, 5) is 14.2. The highest BCUT2D eigenvalue weighted by Crippen LogP contribution is 2.32. The Bertz CT molecular complexity index is 696. The molecule has 1 aliphatic rings. The van der Waals surface area contributed by atoms with Gasteiger partial charge in [-0.15, -0.1) is 0 Å². The Balaban J connectivity index is 2.00. The molecule has 1 heterocycles. The number of carbonyl (C=O) groups excluding carboxylic acids is 1. The molecule has 1 aromatic carbocycles. The van der Waals surface area contributed by atoms with Crippen molar-refractivity contribution in [2.75, 3.05) is 29.9 Å². The van der Waals surface area contributed by atoms with Crippen LogP contribution in [-0.2, 0) is 9.53 Å². The molecule has 0 amide bonds. The van der Waals surface area contributed by atoms with E-state index < -0.39 is 11.2 Å². The molecule has 1 saturated heterocycles. The number of nitriles is 1. The molecule has 6 heteroatoms. The molecule has 27 heavy (non-hydrogen) atoms. The summed E-state index contributed by atoms with van der Waals surface area (Å²) >= 11 is 0. The zero-order valence-electron chi connectivity index (χ0n) is 16.8. The summed E-state index contributed by atoms with van der Waals surface area (Å²) in [6.45, 7) is 9.61. The lowest BCUT2D eigenvalue weighted by atomic mass is 9.87. The Morgan fingerprint density at radius 1 is 1.37 bits per heavy atom. The van der Waals surface area contributed by atoms with Gasteiger partial charge in [-0.3, -0.25) is 4.79 Å². The fraction of sp³-hybridized carbons (Fsp3) is 0.619. The van der Waals surface area contributed by atoms with Crippen LogP contribution in [0.15, 0.2) is 18.2 Å². The number of rotatable bonds is 6. The Morgan fingerprint density at radius 2 is 2.04 bits per heavy atom. The fourth-order valence-electron chi connectivity index (χ4n) is 3.27. The van der Waals surface area contributed by atoms with Crippen LogP contribution in [0.5, 0.6) is 0 Å². The number of nitrogens with one attached hydrogen (secondary N) is 1. The van der Waals surface area contributed by atoms with Crippen LogP contribution in [0.4, 0.5) is 11.4 Å². The molecule has 0 bridgehead atoms. The van der Waals surface area contributed by atoms with E-state index in [9.17, 15) is 15.2 Å². The lowest BCUT2D eigenvalue weighted by Crippen LogP contribution is -2.46. The average Bonchev–Trinajstić information content (AvgIpc) is 2.58. The lowest BCUT2D eigenvalue weighted by Gasteiger charge is -2.39. The number of benzene rings is 1. The van der Waals surface area contributed by atoms with Gasteiger partial charge in [0.15, 0.2) is 0 Å². The first-order valence-electron chi connectivity index (χ1n) is 9.63. The van der Waals surface area contributed by atoms with Gasteiger partial charge < -0.3 is 20.1 Å². The third kappa shape index (κ3) is 6.14. The highest BCUT2D eigenvalue weighted by molar-refractivity contribution is 5.71. The van der Waals surface area contributed by atoms with Gasteiger partial charge in [0.05, 0.1) is 23.3 Å². The summed E-state index contributed by atoms with van der Waals surface area (Å²) < 4.78 is 5.34. The molecule has 0 spiro atoms. The number of anilines is 2. The first kappa shape index (κ1) is 21.0. The van der Waals surface area contributed by atoms with Crippen LogP contribution >= 0.6 is 0 Å². The summed E-state index contributed by atoms with van der Waals surface area (Å²) in [5, 5.41) is 23.6. The molecule has 6 nitrogen and oxygen atoms in total. The summed E-state index contributed by atoms with van der Waals surface area (Å²) in [5.41, 5.74) is 0.834. The van der Waals surface area contributed by atoms with Crippen molar-refractivity contribution in [2.24, 2.45) is 0 Å². The minimum atomic E-state index is -1.05. The van der Waals surface area contributed by atoms with E-state index in [0.717, 1.165) is 24.3 Å². The molecule has 0 aliphatic carbocycles. The molecule has 148 valence electrons. The van der Waals surface area contributed by atoms with E-state index in [-0.39, 0.29) is 12.4 Å². The Labute approximate surface area is 162 Å². The topological polar surface area (TPSA) is 85.6 Å². The second kappa shape index (κ2) is 8.62. The number of aliphatic hydroxyl groups is 1. The van der Waals surface area contributed by atoms with Crippen LogP contribution in [0.2, 0.25) is 0 Å². The minimum Gasteiger partial charge on any atom is -0.460 e. The van der Waals surface area contributed by atoms with Gasteiger partial charge in [0.2, 0.25) is 0 Å². The quantitative estimate of drug-likeness (QED) is 0.743. The zero-order chi connectivity index (χ0) is 20.1. The molecule has 2 rings (SSSR count). The Hall–Kier alpha value is -2.26. The molecule has 1 aliphatic heterocycles. The third-order valence-corrected chi connectivity index (χ3v) is 4.62. The van der Waals surface area contributed by atoms with Crippen molar-refractivity contribution in [3.63, 3.8) is 0 Å². The fourth-order valence-corrected chi connectivity index (χ4v) is 3.27. The molecular formula is C21H31N3O3. The van der Waals surface area contributed by atoms with Crippen LogP contribution in [0, 0.1) is 11.3 Å². The second-order valence-electron chi connectivity index (χ2n) is 8.25. The number of hydrogen-bond donors (Lipinski definition) is 2. The first-order chi connectivity index (χ1) is 12.7. The van der Waals surface area contributed by atoms with Gasteiger partial charge in [-0.05, 0) is 58.2 Å². The van der Waals surface area contributed by atoms with Gasteiger partial charge in [0.1, 0.15) is 11.7 Å². The molecule has 0 unspecified atom stereocenters. The summed E-state index contributed by atoms with van der Waals surface area (Å²) in [5.74, 6) is -0.373. The van der Waals surface area contributed by atoms with E-state index in [2.05, 4.69) is 23.2 Å². The van der Waals surface area contributed by atoms with Gasteiger partial charge in [-0.2, -0.15) is 5.26 Å². The van der Waals surface area contributed by atoms with Crippen LogP contribution in [0.1, 0.15) is 58.9 Å². The monoisotopic (exact) mass is 373 g/mol. The summed E-state index contributed by atoms with van der Waals surface area (Å²) in [6, 6.07) is 8.07. The lowest BCUT2D eigenvalue weighted by molar-refractivity contribution is -0.161. The largest absolute Gasteiger partial charge is 0.460 e. The number of piperidine rings is 1. The van der Waals surface area contributed by atoms with Gasteiger partial charge >= 0.3 is 5.97 Å². The molecule has 0 saturated carbocycles. The van der Waals surface area contributed by atoms with Crippen molar-refractivity contribution in [1.82, 2.24) is 0 Å². The molecular weight excluding hydrogens is 342 g/mol. The van der Waals surface area contributed by atoms with Crippen molar-refractivity contribution in [1.29, 1.82) is 5.26 Å². The van der Waals surface area contributed by atoms with Crippen LogP contribution < -0.4 is 10.2 Å². The molecule has 1 fully saturated rings. The summed E-state index contributed by atoms with van der Waals surface area (Å²) in [7, 11) is 0. The van der Waals surface area contributed by atoms with E-state index in [1.54, 1.807) is 0 Å². The van der Waals surface area contributed by atoms with Crippen LogP contribution in [0.3, 0.4) is 0 Å². The Morgan fingerprint density at radius 3 is 2.59 bits per heavy atom. The van der Waals surface area contributed by atoms with Gasteiger partial charge in [0, 0.05) is 25.3 Å².